The predicted molar refractivity (Wildman–Crippen MR) is 102 cm³/mol. The van der Waals surface area contributed by atoms with Crippen LogP contribution in [0.1, 0.15) is 70.3 Å². The van der Waals surface area contributed by atoms with E-state index in [0.29, 0.717) is 5.78 Å². The molecule has 1 aromatic rings. The largest absolute Gasteiger partial charge is 0.303 e. The molecule has 2 nitrogen and oxygen atoms in total. The minimum absolute atomic E-state index is 0.466. The number of Topliss-reactive ketones (excluding diaryl/α,β-unsaturated/α-hetero) is 1. The summed E-state index contributed by atoms with van der Waals surface area (Å²) in [5.74, 6) is 1.36. The second-order valence-electron chi connectivity index (χ2n) is 7.41. The minimum Gasteiger partial charge on any atom is -0.303 e. The third-order valence-electron chi connectivity index (χ3n) is 5.39. The first kappa shape index (κ1) is 19.2. The standard InChI is InChI=1S/C22H35NO/c1-2-3-5-13-22(24)16-19-23-17-14-21(15-18-23)12-8-11-20-9-6-4-7-10-20/h4,6-7,9-10,21H,2-3,5,8,11-19H2,1H3. The van der Waals surface area contributed by atoms with Crippen molar-refractivity contribution in [2.24, 2.45) is 5.92 Å². The average molecular weight is 330 g/mol. The highest BCUT2D eigenvalue weighted by atomic mass is 16.1. The Morgan fingerprint density at radius 2 is 1.79 bits per heavy atom. The lowest BCUT2D eigenvalue weighted by Crippen LogP contribution is -2.35. The second kappa shape index (κ2) is 11.4. The molecule has 24 heavy (non-hydrogen) atoms. The Balaban J connectivity index is 1.52. The molecule has 0 amide bonds. The number of unbranched alkanes of at least 4 members (excludes halogenated alkanes) is 2. The molecule has 0 bridgehead atoms. The lowest BCUT2D eigenvalue weighted by Gasteiger charge is -2.31. The Labute approximate surface area is 148 Å². The minimum atomic E-state index is 0.466. The normalized spacial score (nSPS) is 16.4. The van der Waals surface area contributed by atoms with E-state index in [-0.39, 0.29) is 0 Å². The van der Waals surface area contributed by atoms with E-state index in [9.17, 15) is 4.79 Å². The van der Waals surface area contributed by atoms with E-state index in [1.807, 2.05) is 0 Å². The van der Waals surface area contributed by atoms with Gasteiger partial charge in [-0.25, -0.2) is 0 Å². The summed E-state index contributed by atoms with van der Waals surface area (Å²) < 4.78 is 0. The smallest absolute Gasteiger partial charge is 0.134 e. The number of rotatable bonds is 11. The third-order valence-corrected chi connectivity index (χ3v) is 5.39. The molecule has 0 aromatic heterocycles. The Morgan fingerprint density at radius 1 is 1.04 bits per heavy atom. The van der Waals surface area contributed by atoms with Gasteiger partial charge in [-0.3, -0.25) is 4.79 Å². The van der Waals surface area contributed by atoms with E-state index in [2.05, 4.69) is 42.2 Å². The van der Waals surface area contributed by atoms with Crippen LogP contribution >= 0.6 is 0 Å². The number of piperidine rings is 1. The van der Waals surface area contributed by atoms with Crippen molar-refractivity contribution >= 4 is 5.78 Å². The van der Waals surface area contributed by atoms with Crippen LogP contribution in [0.3, 0.4) is 0 Å². The molecule has 0 unspecified atom stereocenters. The fraction of sp³-hybridized carbons (Fsp3) is 0.682. The van der Waals surface area contributed by atoms with Crippen molar-refractivity contribution in [2.75, 3.05) is 19.6 Å². The van der Waals surface area contributed by atoms with Crippen LogP contribution in [0.15, 0.2) is 30.3 Å². The Bertz CT molecular complexity index is 448. The van der Waals surface area contributed by atoms with E-state index in [4.69, 9.17) is 0 Å². The first-order valence-corrected chi connectivity index (χ1v) is 10.1. The van der Waals surface area contributed by atoms with Gasteiger partial charge in [0.25, 0.3) is 0 Å². The van der Waals surface area contributed by atoms with Crippen LogP contribution in [0.5, 0.6) is 0 Å². The van der Waals surface area contributed by atoms with Gasteiger partial charge in [-0.05, 0) is 56.7 Å². The Kier molecular flexibility index (Phi) is 9.12. The van der Waals surface area contributed by atoms with E-state index >= 15 is 0 Å². The first-order chi connectivity index (χ1) is 11.8. The number of likely N-dealkylation sites (tertiary alicyclic amines) is 1. The number of hydrogen-bond donors (Lipinski definition) is 0. The molecule has 0 atom stereocenters. The van der Waals surface area contributed by atoms with Gasteiger partial charge in [0.1, 0.15) is 5.78 Å². The molecule has 2 heteroatoms. The lowest BCUT2D eigenvalue weighted by molar-refractivity contribution is -0.119. The summed E-state index contributed by atoms with van der Waals surface area (Å²) >= 11 is 0. The molecule has 1 aromatic carbocycles. The monoisotopic (exact) mass is 329 g/mol. The van der Waals surface area contributed by atoms with Crippen LogP contribution < -0.4 is 0 Å². The van der Waals surface area contributed by atoms with E-state index in [1.165, 1.54) is 63.6 Å². The van der Waals surface area contributed by atoms with Gasteiger partial charge in [-0.15, -0.1) is 0 Å². The Morgan fingerprint density at radius 3 is 2.50 bits per heavy atom. The van der Waals surface area contributed by atoms with E-state index < -0.39 is 0 Å². The van der Waals surface area contributed by atoms with E-state index in [0.717, 1.165) is 31.7 Å². The van der Waals surface area contributed by atoms with Crippen LogP contribution in [0.4, 0.5) is 0 Å². The summed E-state index contributed by atoms with van der Waals surface area (Å²) in [7, 11) is 0. The molecule has 0 saturated carbocycles. The summed E-state index contributed by atoms with van der Waals surface area (Å²) in [6.07, 6.45) is 11.6. The molecule has 1 aliphatic rings. The van der Waals surface area contributed by atoms with Crippen molar-refractivity contribution < 1.29 is 4.79 Å². The number of carbonyl (C=O) groups is 1. The number of nitrogens with zero attached hydrogens (tertiary/aromatic N) is 1. The third kappa shape index (κ3) is 7.61. The summed E-state index contributed by atoms with van der Waals surface area (Å²) in [6.45, 7) is 5.56. The van der Waals surface area contributed by atoms with Crippen molar-refractivity contribution in [3.05, 3.63) is 35.9 Å². The van der Waals surface area contributed by atoms with Gasteiger partial charge >= 0.3 is 0 Å². The molecule has 1 saturated heterocycles. The fourth-order valence-corrected chi connectivity index (χ4v) is 3.72. The number of ketones is 1. The quantitative estimate of drug-likeness (QED) is 0.516. The number of aryl methyl sites for hydroxylation is 1. The van der Waals surface area contributed by atoms with Crippen LogP contribution in [0.25, 0.3) is 0 Å². The number of hydrogen-bond acceptors (Lipinski definition) is 2. The zero-order chi connectivity index (χ0) is 17.0. The SMILES string of the molecule is CCCCCC(=O)CCN1CCC(CCCc2ccccc2)CC1. The maximum absolute atomic E-state index is 11.9. The van der Waals surface area contributed by atoms with Gasteiger partial charge in [0.2, 0.25) is 0 Å². The number of benzene rings is 1. The van der Waals surface area contributed by atoms with Crippen molar-refractivity contribution in [3.63, 3.8) is 0 Å². The molecule has 1 aliphatic heterocycles. The van der Waals surface area contributed by atoms with Crippen molar-refractivity contribution in [3.8, 4) is 0 Å². The maximum Gasteiger partial charge on any atom is 0.134 e. The van der Waals surface area contributed by atoms with Crippen LogP contribution in [0, 0.1) is 5.92 Å². The summed E-state index contributed by atoms with van der Waals surface area (Å²) in [4.78, 5) is 14.4. The van der Waals surface area contributed by atoms with Gasteiger partial charge in [0.05, 0.1) is 0 Å². The van der Waals surface area contributed by atoms with Gasteiger partial charge < -0.3 is 4.90 Å². The lowest BCUT2D eigenvalue weighted by atomic mass is 9.90. The topological polar surface area (TPSA) is 20.3 Å². The molecule has 0 spiro atoms. The molecule has 134 valence electrons. The zero-order valence-corrected chi connectivity index (χ0v) is 15.5. The highest BCUT2D eigenvalue weighted by Gasteiger charge is 2.19. The summed E-state index contributed by atoms with van der Waals surface area (Å²) in [5.41, 5.74) is 1.47. The average Bonchev–Trinajstić information content (AvgIpc) is 2.62. The van der Waals surface area contributed by atoms with Gasteiger partial charge in [0.15, 0.2) is 0 Å². The maximum atomic E-state index is 11.9. The molecular formula is C22H35NO. The Hall–Kier alpha value is -1.15. The van der Waals surface area contributed by atoms with Gasteiger partial charge in [-0.1, -0.05) is 56.5 Å². The molecule has 0 aliphatic carbocycles. The molecule has 1 heterocycles. The van der Waals surface area contributed by atoms with Crippen LogP contribution in [0.2, 0.25) is 0 Å². The summed E-state index contributed by atoms with van der Waals surface area (Å²) in [5, 5.41) is 0. The molecule has 0 radical (unpaired) electrons. The van der Waals surface area contributed by atoms with Crippen LogP contribution in [-0.2, 0) is 11.2 Å². The highest BCUT2D eigenvalue weighted by Crippen LogP contribution is 2.23. The fourth-order valence-electron chi connectivity index (χ4n) is 3.72. The zero-order valence-electron chi connectivity index (χ0n) is 15.5. The highest BCUT2D eigenvalue weighted by molar-refractivity contribution is 5.78. The van der Waals surface area contributed by atoms with Crippen LogP contribution in [-0.4, -0.2) is 30.3 Å². The first-order valence-electron chi connectivity index (χ1n) is 10.1. The van der Waals surface area contributed by atoms with Gasteiger partial charge in [-0.2, -0.15) is 0 Å². The van der Waals surface area contributed by atoms with Crippen molar-refractivity contribution in [2.45, 2.75) is 71.1 Å². The molecule has 1 fully saturated rings. The molecule has 2 rings (SSSR count). The summed E-state index contributed by atoms with van der Waals surface area (Å²) in [6, 6.07) is 10.8. The number of carbonyl (C=O) groups excluding carboxylic acids is 1. The second-order valence-corrected chi connectivity index (χ2v) is 7.41. The molecule has 0 N–H and O–H groups in total. The van der Waals surface area contributed by atoms with Crippen molar-refractivity contribution in [1.82, 2.24) is 4.90 Å². The van der Waals surface area contributed by atoms with E-state index in [1.54, 1.807) is 0 Å². The van der Waals surface area contributed by atoms with Crippen molar-refractivity contribution in [1.29, 1.82) is 0 Å². The van der Waals surface area contributed by atoms with Gasteiger partial charge in [0, 0.05) is 19.4 Å². The molecular weight excluding hydrogens is 294 g/mol. The predicted octanol–water partition coefficient (Wildman–Crippen LogP) is 5.26.